The summed E-state index contributed by atoms with van der Waals surface area (Å²) in [6.07, 6.45) is 3.63. The number of pyridine rings is 1. The Labute approximate surface area is 132 Å². The zero-order chi connectivity index (χ0) is 14.9. The Bertz CT molecular complexity index is 947. The number of benzene rings is 2. The molecule has 0 atom stereocenters. The Morgan fingerprint density at radius 3 is 2.64 bits per heavy atom. The van der Waals surface area contributed by atoms with Crippen LogP contribution in [0.2, 0.25) is 5.02 Å². The van der Waals surface area contributed by atoms with Crippen LogP contribution in [0.4, 0.5) is 5.69 Å². The van der Waals surface area contributed by atoms with Crippen molar-refractivity contribution in [3.63, 3.8) is 0 Å². The number of nitrogens with one attached hydrogen (secondary N) is 1. The van der Waals surface area contributed by atoms with Crippen molar-refractivity contribution < 1.29 is 4.42 Å². The Hall–Kier alpha value is -2.52. The zero-order valence-electron chi connectivity index (χ0n) is 11.7. The van der Waals surface area contributed by atoms with Crippen molar-refractivity contribution in [1.82, 2.24) is 4.98 Å². The standard InChI is InChI=1S/C18H13ClN2O/c19-13-3-5-17-15(8-13)16-9-14(4-6-18(16)22-17)21-11-12-2-1-7-20-10-12/h1-10,21H,11H2. The van der Waals surface area contributed by atoms with Crippen molar-refractivity contribution in [2.24, 2.45) is 0 Å². The van der Waals surface area contributed by atoms with E-state index in [4.69, 9.17) is 16.0 Å². The van der Waals surface area contributed by atoms with E-state index in [1.807, 2.05) is 48.7 Å². The highest BCUT2D eigenvalue weighted by molar-refractivity contribution is 6.31. The lowest BCUT2D eigenvalue weighted by atomic mass is 10.1. The summed E-state index contributed by atoms with van der Waals surface area (Å²) < 4.78 is 5.83. The fourth-order valence-electron chi connectivity index (χ4n) is 2.57. The Morgan fingerprint density at radius 1 is 1.00 bits per heavy atom. The highest BCUT2D eigenvalue weighted by Gasteiger charge is 2.08. The number of nitrogens with zero attached hydrogens (tertiary/aromatic N) is 1. The smallest absolute Gasteiger partial charge is 0.135 e. The fourth-order valence-corrected chi connectivity index (χ4v) is 2.74. The van der Waals surface area contributed by atoms with Crippen LogP contribution in [0.3, 0.4) is 0 Å². The first-order valence-electron chi connectivity index (χ1n) is 7.04. The third kappa shape index (κ3) is 2.40. The molecule has 2 aromatic heterocycles. The van der Waals surface area contributed by atoms with Crippen LogP contribution in [0.5, 0.6) is 0 Å². The molecule has 0 bridgehead atoms. The predicted molar refractivity (Wildman–Crippen MR) is 90.3 cm³/mol. The maximum absolute atomic E-state index is 6.09. The molecule has 1 N–H and O–H groups in total. The molecule has 0 aliphatic rings. The first-order chi connectivity index (χ1) is 10.8. The van der Waals surface area contributed by atoms with Crippen LogP contribution in [-0.4, -0.2) is 4.98 Å². The molecule has 3 nitrogen and oxygen atoms in total. The summed E-state index contributed by atoms with van der Waals surface area (Å²) in [7, 11) is 0. The summed E-state index contributed by atoms with van der Waals surface area (Å²) in [5, 5.41) is 6.22. The predicted octanol–water partition coefficient (Wildman–Crippen LogP) is 5.25. The van der Waals surface area contributed by atoms with E-state index < -0.39 is 0 Å². The van der Waals surface area contributed by atoms with Gasteiger partial charge in [0.1, 0.15) is 11.2 Å². The van der Waals surface area contributed by atoms with Crippen LogP contribution in [0.1, 0.15) is 5.56 Å². The molecule has 4 heteroatoms. The molecular weight excluding hydrogens is 296 g/mol. The average Bonchev–Trinajstić information content (AvgIpc) is 2.91. The summed E-state index contributed by atoms with van der Waals surface area (Å²) in [6, 6.07) is 15.8. The average molecular weight is 309 g/mol. The summed E-state index contributed by atoms with van der Waals surface area (Å²) in [6.45, 7) is 0.732. The summed E-state index contributed by atoms with van der Waals surface area (Å²) in [4.78, 5) is 4.12. The number of halogens is 1. The molecule has 0 saturated carbocycles. The highest BCUT2D eigenvalue weighted by atomic mass is 35.5. The minimum atomic E-state index is 0.712. The van der Waals surface area contributed by atoms with Crippen LogP contribution < -0.4 is 5.32 Å². The van der Waals surface area contributed by atoms with Crippen LogP contribution in [-0.2, 0) is 6.54 Å². The molecule has 0 amide bonds. The van der Waals surface area contributed by atoms with Crippen LogP contribution >= 0.6 is 11.6 Å². The van der Waals surface area contributed by atoms with E-state index >= 15 is 0 Å². The van der Waals surface area contributed by atoms with Gasteiger partial charge in [-0.1, -0.05) is 17.7 Å². The lowest BCUT2D eigenvalue weighted by Gasteiger charge is -2.06. The second-order valence-corrected chi connectivity index (χ2v) is 5.60. The van der Waals surface area contributed by atoms with E-state index in [0.29, 0.717) is 5.02 Å². The Morgan fingerprint density at radius 2 is 1.82 bits per heavy atom. The molecule has 0 spiro atoms. The van der Waals surface area contributed by atoms with Gasteiger partial charge in [-0.05, 0) is 48.0 Å². The lowest BCUT2D eigenvalue weighted by Crippen LogP contribution is -1.99. The monoisotopic (exact) mass is 308 g/mol. The van der Waals surface area contributed by atoms with Gasteiger partial charge < -0.3 is 9.73 Å². The number of fused-ring (bicyclic) bond motifs is 3. The molecule has 0 fully saturated rings. The normalized spacial score (nSPS) is 11.1. The summed E-state index contributed by atoms with van der Waals surface area (Å²) in [5.74, 6) is 0. The number of hydrogen-bond acceptors (Lipinski definition) is 3. The summed E-state index contributed by atoms with van der Waals surface area (Å²) in [5.41, 5.74) is 3.90. The third-order valence-electron chi connectivity index (χ3n) is 3.65. The Kier molecular flexibility index (Phi) is 3.20. The molecule has 0 saturated heterocycles. The molecule has 0 radical (unpaired) electrons. The van der Waals surface area contributed by atoms with Gasteiger partial charge in [-0.3, -0.25) is 4.98 Å². The molecule has 2 aromatic carbocycles. The van der Waals surface area contributed by atoms with Crippen molar-refractivity contribution in [3.05, 3.63) is 71.5 Å². The molecule has 4 rings (SSSR count). The van der Waals surface area contributed by atoms with Crippen LogP contribution in [0.15, 0.2) is 65.3 Å². The van der Waals surface area contributed by atoms with E-state index in [1.165, 1.54) is 0 Å². The van der Waals surface area contributed by atoms with Gasteiger partial charge >= 0.3 is 0 Å². The van der Waals surface area contributed by atoms with Crippen molar-refractivity contribution in [2.45, 2.75) is 6.54 Å². The van der Waals surface area contributed by atoms with Crippen LogP contribution in [0.25, 0.3) is 21.9 Å². The van der Waals surface area contributed by atoms with Gasteiger partial charge in [-0.25, -0.2) is 0 Å². The third-order valence-corrected chi connectivity index (χ3v) is 3.89. The molecule has 0 aliphatic carbocycles. The minimum Gasteiger partial charge on any atom is -0.456 e. The second kappa shape index (κ2) is 5.35. The van der Waals surface area contributed by atoms with Gasteiger partial charge in [0, 0.05) is 40.4 Å². The van der Waals surface area contributed by atoms with Gasteiger partial charge in [0.05, 0.1) is 0 Å². The number of hydrogen-bond donors (Lipinski definition) is 1. The van der Waals surface area contributed by atoms with Crippen LogP contribution in [0, 0.1) is 0 Å². The van der Waals surface area contributed by atoms with Gasteiger partial charge in [-0.15, -0.1) is 0 Å². The fraction of sp³-hybridized carbons (Fsp3) is 0.0556. The van der Waals surface area contributed by atoms with Gasteiger partial charge in [0.25, 0.3) is 0 Å². The molecular formula is C18H13ClN2O. The van der Waals surface area contributed by atoms with Gasteiger partial charge in [-0.2, -0.15) is 0 Å². The molecule has 2 heterocycles. The van der Waals surface area contributed by atoms with E-state index in [-0.39, 0.29) is 0 Å². The van der Waals surface area contributed by atoms with E-state index in [1.54, 1.807) is 6.20 Å². The van der Waals surface area contributed by atoms with Crippen molar-refractivity contribution in [3.8, 4) is 0 Å². The number of aromatic nitrogens is 1. The highest BCUT2D eigenvalue weighted by Crippen LogP contribution is 2.32. The van der Waals surface area contributed by atoms with Crippen molar-refractivity contribution in [2.75, 3.05) is 5.32 Å². The van der Waals surface area contributed by atoms with E-state index in [2.05, 4.69) is 16.4 Å². The van der Waals surface area contributed by atoms with Gasteiger partial charge in [0.2, 0.25) is 0 Å². The zero-order valence-corrected chi connectivity index (χ0v) is 12.5. The number of furan rings is 1. The molecule has 0 aliphatic heterocycles. The maximum atomic E-state index is 6.09. The van der Waals surface area contributed by atoms with E-state index in [9.17, 15) is 0 Å². The topological polar surface area (TPSA) is 38.1 Å². The SMILES string of the molecule is Clc1ccc2oc3ccc(NCc4cccnc4)cc3c2c1. The quantitative estimate of drug-likeness (QED) is 0.562. The first kappa shape index (κ1) is 13.2. The molecule has 4 aromatic rings. The van der Waals surface area contributed by atoms with E-state index in [0.717, 1.165) is 39.7 Å². The largest absolute Gasteiger partial charge is 0.456 e. The Balaban J connectivity index is 1.70. The first-order valence-corrected chi connectivity index (χ1v) is 7.42. The van der Waals surface area contributed by atoms with Crippen molar-refractivity contribution >= 4 is 39.2 Å². The molecule has 22 heavy (non-hydrogen) atoms. The van der Waals surface area contributed by atoms with Gasteiger partial charge in [0.15, 0.2) is 0 Å². The maximum Gasteiger partial charge on any atom is 0.135 e. The second-order valence-electron chi connectivity index (χ2n) is 5.17. The van der Waals surface area contributed by atoms with Crippen molar-refractivity contribution in [1.29, 1.82) is 0 Å². The minimum absolute atomic E-state index is 0.712. The number of rotatable bonds is 3. The molecule has 0 unspecified atom stereocenters. The number of anilines is 1. The molecule has 108 valence electrons. The summed E-state index contributed by atoms with van der Waals surface area (Å²) >= 11 is 6.09. The lowest BCUT2D eigenvalue weighted by molar-refractivity contribution is 0.669.